The first-order valence-corrected chi connectivity index (χ1v) is 3.43. The minimum atomic E-state index is 0.155. The van der Waals surface area contributed by atoms with Crippen LogP contribution in [0.2, 0.25) is 0 Å². The average molecular weight is 156 g/mol. The molecule has 56 valence electrons. The predicted molar refractivity (Wildman–Crippen MR) is 44.3 cm³/mol. The van der Waals surface area contributed by atoms with Crippen molar-refractivity contribution in [3.63, 3.8) is 0 Å². The van der Waals surface area contributed by atoms with Gasteiger partial charge in [-0.15, -0.1) is 0 Å². The first kappa shape index (κ1) is 5.67. The highest BCUT2D eigenvalue weighted by Gasteiger charge is 1.94. The summed E-state index contributed by atoms with van der Waals surface area (Å²) in [4.78, 5) is 7.71. The van der Waals surface area contributed by atoms with Crippen molar-refractivity contribution in [3.8, 4) is 6.07 Å². The van der Waals surface area contributed by atoms with Crippen LogP contribution in [0.3, 0.4) is 0 Å². The summed E-state index contributed by atoms with van der Waals surface area (Å²) in [6.45, 7) is 0. The number of rotatable bonds is 0. The van der Waals surface area contributed by atoms with Crippen molar-refractivity contribution >= 4 is 10.9 Å². The van der Waals surface area contributed by atoms with Crippen LogP contribution in [0.15, 0.2) is 30.7 Å². The lowest BCUT2D eigenvalue weighted by Gasteiger charge is -1.93. The Hall–Kier alpha value is -1.95. The Morgan fingerprint density at radius 1 is 1.50 bits per heavy atom. The second kappa shape index (κ2) is 2.59. The third-order valence-electron chi connectivity index (χ3n) is 1.57. The summed E-state index contributed by atoms with van der Waals surface area (Å²) >= 11 is 0. The molecule has 1 aromatic carbocycles. The smallest absolute Gasteiger partial charge is 0.116 e. The third kappa shape index (κ3) is 0.995. The molecule has 1 aromatic heterocycles. The van der Waals surface area contributed by atoms with E-state index in [9.17, 15) is 0 Å². The molecule has 1 heterocycles. The van der Waals surface area contributed by atoms with E-state index in [0.29, 0.717) is 16.5 Å². The maximum Gasteiger partial charge on any atom is 0.116 e. The van der Waals surface area contributed by atoms with Crippen LogP contribution in [-0.2, 0) is 0 Å². The van der Waals surface area contributed by atoms with Crippen molar-refractivity contribution in [2.24, 2.45) is 0 Å². The highest BCUT2D eigenvalue weighted by atomic mass is 14.8. The fraction of sp³-hybridized carbons (Fsp3) is 0. The van der Waals surface area contributed by atoms with Crippen LogP contribution in [0.25, 0.3) is 10.9 Å². The first-order chi connectivity index (χ1) is 6.31. The van der Waals surface area contributed by atoms with Gasteiger partial charge in [-0.05, 0) is 18.2 Å². The molecule has 0 spiro atoms. The molecule has 12 heavy (non-hydrogen) atoms. The Morgan fingerprint density at radius 2 is 2.42 bits per heavy atom. The highest BCUT2D eigenvalue weighted by molar-refractivity contribution is 5.78. The van der Waals surface area contributed by atoms with Gasteiger partial charge in [0.2, 0.25) is 0 Å². The van der Waals surface area contributed by atoms with Gasteiger partial charge in [-0.3, -0.25) is 0 Å². The maximum absolute atomic E-state index is 8.64. The standard InChI is InChI=1S/C9H5N3/c10-4-7-1-2-9-8(3-7)5-11-6-12-9/h1-3,5-6H/i5D. The van der Waals surface area contributed by atoms with Crippen LogP contribution in [0.1, 0.15) is 6.93 Å². The summed E-state index contributed by atoms with van der Waals surface area (Å²) in [7, 11) is 0. The quantitative estimate of drug-likeness (QED) is 0.580. The van der Waals surface area contributed by atoms with Gasteiger partial charge < -0.3 is 0 Å². The zero-order valence-corrected chi connectivity index (χ0v) is 6.15. The van der Waals surface area contributed by atoms with Crippen LogP contribution in [0, 0.1) is 11.3 Å². The average Bonchev–Trinajstić information content (AvgIpc) is 2.18. The Kier molecular flexibility index (Phi) is 1.22. The van der Waals surface area contributed by atoms with Gasteiger partial charge in [-0.25, -0.2) is 9.97 Å². The molecule has 0 fully saturated rings. The molecule has 0 N–H and O–H groups in total. The summed E-state index contributed by atoms with van der Waals surface area (Å²) in [5, 5.41) is 9.25. The number of hydrogen-bond donors (Lipinski definition) is 0. The van der Waals surface area contributed by atoms with Gasteiger partial charge in [0, 0.05) is 11.6 Å². The van der Waals surface area contributed by atoms with E-state index in [4.69, 9.17) is 6.63 Å². The number of nitriles is 1. The summed E-state index contributed by atoms with van der Waals surface area (Å²) in [6, 6.07) is 7.02. The third-order valence-corrected chi connectivity index (χ3v) is 1.57. The van der Waals surface area contributed by atoms with E-state index >= 15 is 0 Å². The second-order valence-electron chi connectivity index (χ2n) is 2.33. The van der Waals surface area contributed by atoms with Gasteiger partial charge in [0.15, 0.2) is 0 Å². The Labute approximate surface area is 70.7 Å². The second-order valence-corrected chi connectivity index (χ2v) is 2.33. The zero-order chi connectivity index (χ0) is 9.26. The summed E-state index contributed by atoms with van der Waals surface area (Å²) in [5.74, 6) is 0. The van der Waals surface area contributed by atoms with Crippen molar-refractivity contribution in [3.05, 3.63) is 36.3 Å². The van der Waals surface area contributed by atoms with Crippen molar-refractivity contribution in [2.45, 2.75) is 0 Å². The molecule has 2 rings (SSSR count). The fourth-order valence-electron chi connectivity index (χ4n) is 0.997. The van der Waals surface area contributed by atoms with E-state index in [2.05, 4.69) is 9.97 Å². The minimum absolute atomic E-state index is 0.155. The van der Waals surface area contributed by atoms with Crippen LogP contribution >= 0.6 is 0 Å². The van der Waals surface area contributed by atoms with E-state index < -0.39 is 0 Å². The molecule has 0 amide bonds. The summed E-state index contributed by atoms with van der Waals surface area (Å²) in [6.07, 6.45) is 1.50. The fourth-order valence-corrected chi connectivity index (χ4v) is 0.997. The highest BCUT2D eigenvalue weighted by Crippen LogP contribution is 2.10. The van der Waals surface area contributed by atoms with Crippen molar-refractivity contribution < 1.29 is 1.37 Å². The number of aromatic nitrogens is 2. The number of hydrogen-bond acceptors (Lipinski definition) is 3. The van der Waals surface area contributed by atoms with E-state index in [1.54, 1.807) is 18.2 Å². The monoisotopic (exact) mass is 156 g/mol. The van der Waals surface area contributed by atoms with E-state index in [1.165, 1.54) is 6.33 Å². The van der Waals surface area contributed by atoms with Crippen LogP contribution in [-0.4, -0.2) is 9.97 Å². The molecule has 0 aliphatic carbocycles. The normalized spacial score (nSPS) is 10.8. The molecule has 0 unspecified atom stereocenters. The molecule has 3 nitrogen and oxygen atoms in total. The SMILES string of the molecule is [2H]c1ncnc2ccc(C#N)cc12. The molecule has 2 aromatic rings. The summed E-state index contributed by atoms with van der Waals surface area (Å²) in [5.41, 5.74) is 1.22. The molecular formula is C9H5N3. The molecule has 0 radical (unpaired) electrons. The molecule has 0 bridgehead atoms. The van der Waals surface area contributed by atoms with Crippen LogP contribution in [0.5, 0.6) is 0 Å². The number of fused-ring (bicyclic) bond motifs is 1. The molecule has 0 aliphatic rings. The predicted octanol–water partition coefficient (Wildman–Crippen LogP) is 1.50. The molecular weight excluding hydrogens is 150 g/mol. The Balaban J connectivity index is 2.84. The molecule has 3 heteroatoms. The van der Waals surface area contributed by atoms with Crippen molar-refractivity contribution in [1.82, 2.24) is 9.97 Å². The molecule has 0 saturated carbocycles. The van der Waals surface area contributed by atoms with Gasteiger partial charge in [-0.1, -0.05) is 0 Å². The van der Waals surface area contributed by atoms with Crippen molar-refractivity contribution in [2.75, 3.05) is 0 Å². The van der Waals surface area contributed by atoms with Gasteiger partial charge in [0.1, 0.15) is 6.33 Å². The first-order valence-electron chi connectivity index (χ1n) is 3.93. The van der Waals surface area contributed by atoms with Gasteiger partial charge in [0.25, 0.3) is 0 Å². The Morgan fingerprint density at radius 3 is 3.25 bits per heavy atom. The lowest BCUT2D eigenvalue weighted by atomic mass is 10.2. The van der Waals surface area contributed by atoms with Crippen LogP contribution in [0.4, 0.5) is 0 Å². The van der Waals surface area contributed by atoms with E-state index in [0.717, 1.165) is 0 Å². The molecule has 0 saturated heterocycles. The topological polar surface area (TPSA) is 49.6 Å². The lowest BCUT2D eigenvalue weighted by Crippen LogP contribution is -1.81. The maximum atomic E-state index is 8.64. The molecule has 0 atom stereocenters. The van der Waals surface area contributed by atoms with Gasteiger partial charge >= 0.3 is 0 Å². The number of nitrogens with zero attached hydrogens (tertiary/aromatic N) is 3. The van der Waals surface area contributed by atoms with Gasteiger partial charge in [0.05, 0.1) is 18.5 Å². The van der Waals surface area contributed by atoms with E-state index in [1.807, 2.05) is 6.07 Å². The van der Waals surface area contributed by atoms with Gasteiger partial charge in [-0.2, -0.15) is 5.26 Å². The van der Waals surface area contributed by atoms with Crippen molar-refractivity contribution in [1.29, 1.82) is 5.26 Å². The van der Waals surface area contributed by atoms with Crippen LogP contribution < -0.4 is 0 Å². The lowest BCUT2D eigenvalue weighted by molar-refractivity contribution is 1.22. The Bertz CT molecular complexity index is 502. The zero-order valence-electron chi connectivity index (χ0n) is 7.15. The largest absolute Gasteiger partial charge is 0.244 e. The van der Waals surface area contributed by atoms with E-state index in [-0.39, 0.29) is 6.17 Å². The minimum Gasteiger partial charge on any atom is -0.244 e. The molecule has 0 aliphatic heterocycles. The number of benzene rings is 1. The summed E-state index contributed by atoms with van der Waals surface area (Å²) < 4.78 is 7.47.